The lowest BCUT2D eigenvalue weighted by molar-refractivity contribution is -0.133. The molecule has 0 heterocycles. The van der Waals surface area contributed by atoms with Gasteiger partial charge in [0.15, 0.2) is 0 Å². The van der Waals surface area contributed by atoms with Crippen LogP contribution < -0.4 is 11.1 Å². The number of ketones is 1. The van der Waals surface area contributed by atoms with Crippen LogP contribution in [0.3, 0.4) is 0 Å². The van der Waals surface area contributed by atoms with Gasteiger partial charge in [0.25, 0.3) is 0 Å². The highest BCUT2D eigenvalue weighted by Crippen LogP contribution is 2.27. The Morgan fingerprint density at radius 2 is 1.80 bits per heavy atom. The largest absolute Gasteiger partial charge is 0.368 e. The maximum atomic E-state index is 12.2. The SMILES string of the molecule is NC(=O)[C@@H](NC(=O)C1CCCCC1)[C@H]1CCCC(=O)C1. The molecular formula is C15H24N2O3. The van der Waals surface area contributed by atoms with E-state index >= 15 is 0 Å². The molecule has 0 saturated heterocycles. The molecule has 2 aliphatic rings. The molecule has 0 unspecified atom stereocenters. The number of Topliss-reactive ketones (excluding diaryl/α,β-unsaturated/α-hetero) is 1. The molecule has 112 valence electrons. The first kappa shape index (κ1) is 15.0. The highest BCUT2D eigenvalue weighted by molar-refractivity contribution is 5.89. The van der Waals surface area contributed by atoms with Gasteiger partial charge in [-0.05, 0) is 31.6 Å². The van der Waals surface area contributed by atoms with Crippen LogP contribution in [0.2, 0.25) is 0 Å². The molecule has 2 saturated carbocycles. The first-order valence-electron chi connectivity index (χ1n) is 7.69. The number of carbonyl (C=O) groups excluding carboxylic acids is 3. The van der Waals surface area contributed by atoms with Crippen molar-refractivity contribution >= 4 is 17.6 Å². The van der Waals surface area contributed by atoms with Crippen LogP contribution in [0.5, 0.6) is 0 Å². The Bertz CT molecular complexity index is 389. The third-order valence-electron chi connectivity index (χ3n) is 4.57. The summed E-state index contributed by atoms with van der Waals surface area (Å²) in [4.78, 5) is 35.4. The van der Waals surface area contributed by atoms with E-state index in [0.717, 1.165) is 38.5 Å². The van der Waals surface area contributed by atoms with Crippen molar-refractivity contribution in [3.8, 4) is 0 Å². The first-order chi connectivity index (χ1) is 9.58. The van der Waals surface area contributed by atoms with Gasteiger partial charge in [0.2, 0.25) is 11.8 Å². The number of hydrogen-bond acceptors (Lipinski definition) is 3. The Morgan fingerprint density at radius 3 is 2.40 bits per heavy atom. The normalized spacial score (nSPS) is 26.0. The summed E-state index contributed by atoms with van der Waals surface area (Å²) in [5.74, 6) is -0.536. The van der Waals surface area contributed by atoms with Crippen LogP contribution >= 0.6 is 0 Å². The third-order valence-corrected chi connectivity index (χ3v) is 4.57. The molecule has 5 heteroatoms. The van der Waals surface area contributed by atoms with Crippen LogP contribution in [-0.2, 0) is 14.4 Å². The van der Waals surface area contributed by atoms with Gasteiger partial charge >= 0.3 is 0 Å². The van der Waals surface area contributed by atoms with E-state index in [-0.39, 0.29) is 23.5 Å². The summed E-state index contributed by atoms with van der Waals surface area (Å²) in [6.07, 6.45) is 7.61. The van der Waals surface area contributed by atoms with Gasteiger partial charge in [-0.15, -0.1) is 0 Å². The summed E-state index contributed by atoms with van der Waals surface area (Å²) >= 11 is 0. The first-order valence-corrected chi connectivity index (χ1v) is 7.69. The Morgan fingerprint density at radius 1 is 1.10 bits per heavy atom. The molecule has 0 bridgehead atoms. The van der Waals surface area contributed by atoms with Crippen LogP contribution in [-0.4, -0.2) is 23.6 Å². The molecule has 0 radical (unpaired) electrons. The Balaban J connectivity index is 1.96. The average molecular weight is 280 g/mol. The highest BCUT2D eigenvalue weighted by Gasteiger charge is 2.33. The number of carbonyl (C=O) groups is 3. The van der Waals surface area contributed by atoms with E-state index in [0.29, 0.717) is 12.8 Å². The summed E-state index contributed by atoms with van der Waals surface area (Å²) in [6.45, 7) is 0. The van der Waals surface area contributed by atoms with Crippen molar-refractivity contribution in [2.24, 2.45) is 17.6 Å². The summed E-state index contributed by atoms with van der Waals surface area (Å²) in [5, 5.41) is 2.81. The summed E-state index contributed by atoms with van der Waals surface area (Å²) in [6, 6.07) is -0.686. The average Bonchev–Trinajstić information content (AvgIpc) is 2.45. The fourth-order valence-corrected chi connectivity index (χ4v) is 3.40. The number of rotatable bonds is 4. The van der Waals surface area contributed by atoms with Gasteiger partial charge < -0.3 is 11.1 Å². The number of amides is 2. The zero-order valence-corrected chi connectivity index (χ0v) is 11.9. The van der Waals surface area contributed by atoms with Crippen molar-refractivity contribution in [1.82, 2.24) is 5.32 Å². The van der Waals surface area contributed by atoms with Crippen molar-refractivity contribution in [2.75, 3.05) is 0 Å². The molecule has 5 nitrogen and oxygen atoms in total. The summed E-state index contributed by atoms with van der Waals surface area (Å²) in [7, 11) is 0. The quantitative estimate of drug-likeness (QED) is 0.813. The van der Waals surface area contributed by atoms with Gasteiger partial charge in [-0.1, -0.05) is 19.3 Å². The van der Waals surface area contributed by atoms with Crippen molar-refractivity contribution in [2.45, 2.75) is 63.8 Å². The Hall–Kier alpha value is -1.39. The molecule has 0 aromatic carbocycles. The summed E-state index contributed by atoms with van der Waals surface area (Å²) in [5.41, 5.74) is 5.43. The molecule has 2 rings (SSSR count). The lowest BCUT2D eigenvalue weighted by atomic mass is 9.82. The predicted octanol–water partition coefficient (Wildman–Crippen LogP) is 1.30. The topological polar surface area (TPSA) is 89.3 Å². The maximum Gasteiger partial charge on any atom is 0.240 e. The fraction of sp³-hybridized carbons (Fsp3) is 0.800. The Labute approximate surface area is 119 Å². The third kappa shape index (κ3) is 3.81. The number of nitrogens with two attached hydrogens (primary N) is 1. The van der Waals surface area contributed by atoms with Crippen LogP contribution in [0.1, 0.15) is 57.8 Å². The van der Waals surface area contributed by atoms with Crippen molar-refractivity contribution < 1.29 is 14.4 Å². The minimum Gasteiger partial charge on any atom is -0.368 e. The molecule has 3 N–H and O–H groups in total. The van der Waals surface area contributed by atoms with Gasteiger partial charge in [-0.2, -0.15) is 0 Å². The highest BCUT2D eigenvalue weighted by atomic mass is 16.2. The van der Waals surface area contributed by atoms with Crippen LogP contribution in [0, 0.1) is 11.8 Å². The smallest absolute Gasteiger partial charge is 0.240 e. The maximum absolute atomic E-state index is 12.2. The molecule has 2 fully saturated rings. The van der Waals surface area contributed by atoms with Gasteiger partial charge in [0.1, 0.15) is 11.8 Å². The van der Waals surface area contributed by atoms with Crippen LogP contribution in [0.15, 0.2) is 0 Å². The van der Waals surface area contributed by atoms with E-state index in [1.54, 1.807) is 0 Å². The van der Waals surface area contributed by atoms with Crippen LogP contribution in [0.4, 0.5) is 0 Å². The van der Waals surface area contributed by atoms with Gasteiger partial charge in [-0.25, -0.2) is 0 Å². The van der Waals surface area contributed by atoms with E-state index in [1.165, 1.54) is 6.42 Å². The molecule has 2 amide bonds. The van der Waals surface area contributed by atoms with E-state index in [9.17, 15) is 14.4 Å². The number of hydrogen-bond donors (Lipinski definition) is 2. The molecule has 2 atom stereocenters. The van der Waals surface area contributed by atoms with Crippen molar-refractivity contribution in [3.05, 3.63) is 0 Å². The van der Waals surface area contributed by atoms with Crippen LogP contribution in [0.25, 0.3) is 0 Å². The zero-order valence-electron chi connectivity index (χ0n) is 11.9. The van der Waals surface area contributed by atoms with Gasteiger partial charge in [0, 0.05) is 18.8 Å². The lowest BCUT2D eigenvalue weighted by Crippen LogP contribution is -2.52. The van der Waals surface area contributed by atoms with E-state index in [2.05, 4.69) is 5.32 Å². The van der Waals surface area contributed by atoms with Gasteiger partial charge in [-0.3, -0.25) is 14.4 Å². The van der Waals surface area contributed by atoms with E-state index < -0.39 is 11.9 Å². The van der Waals surface area contributed by atoms with E-state index in [1.807, 2.05) is 0 Å². The molecule has 20 heavy (non-hydrogen) atoms. The van der Waals surface area contributed by atoms with Gasteiger partial charge in [0.05, 0.1) is 0 Å². The van der Waals surface area contributed by atoms with Crippen molar-refractivity contribution in [1.29, 1.82) is 0 Å². The number of nitrogens with one attached hydrogen (secondary N) is 1. The second-order valence-corrected chi connectivity index (χ2v) is 6.12. The lowest BCUT2D eigenvalue weighted by Gasteiger charge is -2.30. The van der Waals surface area contributed by atoms with E-state index in [4.69, 9.17) is 5.73 Å². The summed E-state index contributed by atoms with van der Waals surface area (Å²) < 4.78 is 0. The minimum absolute atomic E-state index is 0.00453. The standard InChI is InChI=1S/C15H24N2O3/c16-14(19)13(11-7-4-8-12(18)9-11)17-15(20)10-5-2-1-3-6-10/h10-11,13H,1-9H2,(H2,16,19)(H,17,20)/t11-,13-/m0/s1. The molecule has 0 spiro atoms. The number of primary amides is 1. The molecule has 0 aliphatic heterocycles. The molecule has 0 aromatic heterocycles. The van der Waals surface area contributed by atoms with Crippen molar-refractivity contribution in [3.63, 3.8) is 0 Å². The molecular weight excluding hydrogens is 256 g/mol. The fourth-order valence-electron chi connectivity index (χ4n) is 3.40. The monoisotopic (exact) mass is 280 g/mol. The Kier molecular flexibility index (Phi) is 5.15. The second-order valence-electron chi connectivity index (χ2n) is 6.12. The minimum atomic E-state index is -0.686. The second kappa shape index (κ2) is 6.86. The zero-order chi connectivity index (χ0) is 14.5. The molecule has 2 aliphatic carbocycles. The molecule has 0 aromatic rings. The predicted molar refractivity (Wildman–Crippen MR) is 74.7 cm³/mol.